The molecule has 5 nitrogen and oxygen atoms in total. The summed E-state index contributed by atoms with van der Waals surface area (Å²) >= 11 is 0. The average Bonchev–Trinajstić information content (AvgIpc) is 3.18. The van der Waals surface area contributed by atoms with Gasteiger partial charge in [-0.15, -0.1) is 0 Å². The third-order valence-electron chi connectivity index (χ3n) is 5.38. The molecular formula is C25H25FN4O. The lowest BCUT2D eigenvalue weighted by atomic mass is 10.1. The first-order valence-corrected chi connectivity index (χ1v) is 10.4. The molecule has 1 heterocycles. The topological polar surface area (TPSA) is 61.0 Å². The van der Waals surface area contributed by atoms with Gasteiger partial charge < -0.3 is 15.2 Å². The molecule has 31 heavy (non-hydrogen) atoms. The number of nitrogens with zero attached hydrogens (tertiary/aromatic N) is 2. The summed E-state index contributed by atoms with van der Waals surface area (Å²) in [6, 6.07) is 17.6. The van der Waals surface area contributed by atoms with E-state index in [0.717, 1.165) is 41.2 Å². The Labute approximate surface area is 180 Å². The van der Waals surface area contributed by atoms with Crippen LogP contribution in [0.1, 0.15) is 29.8 Å². The number of benzene rings is 3. The molecule has 1 amide bonds. The Morgan fingerprint density at radius 3 is 2.35 bits per heavy atom. The van der Waals surface area contributed by atoms with Gasteiger partial charge >= 0.3 is 0 Å². The molecular weight excluding hydrogens is 391 g/mol. The number of anilines is 2. The molecule has 0 aliphatic heterocycles. The number of aryl methyl sites for hydroxylation is 1. The lowest BCUT2D eigenvalue weighted by molar-refractivity contribution is 0.102. The number of rotatable bonds is 6. The zero-order valence-corrected chi connectivity index (χ0v) is 17.9. The van der Waals surface area contributed by atoms with Crippen molar-refractivity contribution in [1.82, 2.24) is 9.97 Å². The molecule has 4 rings (SSSR count). The van der Waals surface area contributed by atoms with Gasteiger partial charge in [-0.05, 0) is 57.2 Å². The Bertz CT molecular complexity index is 1210. The van der Waals surface area contributed by atoms with Crippen molar-refractivity contribution in [2.24, 2.45) is 0 Å². The smallest absolute Gasteiger partial charge is 0.255 e. The summed E-state index contributed by atoms with van der Waals surface area (Å²) in [6.07, 6.45) is 0. The minimum absolute atomic E-state index is 0.286. The summed E-state index contributed by atoms with van der Waals surface area (Å²) in [7, 11) is 0. The standard InChI is InChI=1S/C25H25FN4O/c1-4-30(5-2)23-15-21-20(27-24(28-21)17-8-6-16(3)7-9-17)14-22(23)29-25(31)18-10-12-19(26)13-11-18/h6-15H,4-5H2,1-3H3,(H,27,28)(H,29,31). The van der Waals surface area contributed by atoms with Crippen molar-refractivity contribution in [1.29, 1.82) is 0 Å². The number of hydrogen-bond donors (Lipinski definition) is 2. The van der Waals surface area contributed by atoms with Crippen molar-refractivity contribution in [2.45, 2.75) is 20.8 Å². The Morgan fingerprint density at radius 2 is 1.71 bits per heavy atom. The summed E-state index contributed by atoms with van der Waals surface area (Å²) < 4.78 is 13.2. The first kappa shape index (κ1) is 20.6. The Hall–Kier alpha value is -3.67. The number of imidazole rings is 1. The number of fused-ring (bicyclic) bond motifs is 1. The molecule has 6 heteroatoms. The van der Waals surface area contributed by atoms with Crippen molar-refractivity contribution in [3.8, 4) is 11.4 Å². The van der Waals surface area contributed by atoms with E-state index in [2.05, 4.69) is 48.1 Å². The van der Waals surface area contributed by atoms with E-state index in [9.17, 15) is 9.18 Å². The molecule has 4 aromatic rings. The maximum absolute atomic E-state index is 13.2. The van der Waals surface area contributed by atoms with Gasteiger partial charge in [0.05, 0.1) is 22.4 Å². The maximum Gasteiger partial charge on any atom is 0.255 e. The van der Waals surface area contributed by atoms with E-state index < -0.39 is 0 Å². The lowest BCUT2D eigenvalue weighted by Crippen LogP contribution is -2.24. The maximum atomic E-state index is 13.2. The van der Waals surface area contributed by atoms with Crippen molar-refractivity contribution < 1.29 is 9.18 Å². The van der Waals surface area contributed by atoms with Crippen molar-refractivity contribution in [3.05, 3.63) is 77.6 Å². The van der Waals surface area contributed by atoms with Gasteiger partial charge in [0.15, 0.2) is 0 Å². The van der Waals surface area contributed by atoms with Crippen LogP contribution in [0, 0.1) is 12.7 Å². The van der Waals surface area contributed by atoms with E-state index >= 15 is 0 Å². The van der Waals surface area contributed by atoms with E-state index in [4.69, 9.17) is 4.98 Å². The van der Waals surface area contributed by atoms with E-state index in [0.29, 0.717) is 11.3 Å². The van der Waals surface area contributed by atoms with Crippen LogP contribution in [0.4, 0.5) is 15.8 Å². The number of hydrogen-bond acceptors (Lipinski definition) is 3. The van der Waals surface area contributed by atoms with Gasteiger partial charge in [0, 0.05) is 24.2 Å². The largest absolute Gasteiger partial charge is 0.370 e. The van der Waals surface area contributed by atoms with E-state index in [1.807, 2.05) is 24.3 Å². The summed E-state index contributed by atoms with van der Waals surface area (Å²) in [5.41, 5.74) is 5.84. The van der Waals surface area contributed by atoms with Crippen LogP contribution in [-0.4, -0.2) is 29.0 Å². The molecule has 0 fully saturated rings. The predicted molar refractivity (Wildman–Crippen MR) is 124 cm³/mol. The molecule has 0 unspecified atom stereocenters. The first-order valence-electron chi connectivity index (χ1n) is 10.4. The fourth-order valence-electron chi connectivity index (χ4n) is 3.62. The molecule has 2 N–H and O–H groups in total. The van der Waals surface area contributed by atoms with Crippen LogP contribution in [0.5, 0.6) is 0 Å². The number of nitrogens with one attached hydrogen (secondary N) is 2. The summed E-state index contributed by atoms with van der Waals surface area (Å²) in [4.78, 5) is 23.1. The fraction of sp³-hybridized carbons (Fsp3) is 0.200. The Morgan fingerprint density at radius 1 is 1.03 bits per heavy atom. The highest BCUT2D eigenvalue weighted by atomic mass is 19.1. The van der Waals surface area contributed by atoms with Crippen molar-refractivity contribution in [2.75, 3.05) is 23.3 Å². The molecule has 1 aromatic heterocycles. The van der Waals surface area contributed by atoms with Crippen LogP contribution in [0.15, 0.2) is 60.7 Å². The molecule has 0 atom stereocenters. The fourth-order valence-corrected chi connectivity index (χ4v) is 3.62. The second kappa shape index (κ2) is 8.60. The Kier molecular flexibility index (Phi) is 5.71. The van der Waals surface area contributed by atoms with Gasteiger partial charge in [-0.1, -0.05) is 29.8 Å². The molecule has 0 radical (unpaired) electrons. The van der Waals surface area contributed by atoms with Crippen molar-refractivity contribution in [3.63, 3.8) is 0 Å². The normalized spacial score (nSPS) is 11.0. The van der Waals surface area contributed by atoms with E-state index in [1.54, 1.807) is 0 Å². The molecule has 158 valence electrons. The molecule has 0 bridgehead atoms. The molecule has 0 aliphatic rings. The first-order chi connectivity index (χ1) is 15.0. The monoisotopic (exact) mass is 416 g/mol. The van der Waals surface area contributed by atoms with Gasteiger partial charge in [-0.25, -0.2) is 9.37 Å². The molecule has 0 aliphatic carbocycles. The highest BCUT2D eigenvalue weighted by Crippen LogP contribution is 2.32. The number of halogens is 1. The number of H-pyrrole nitrogens is 1. The van der Waals surface area contributed by atoms with Gasteiger partial charge in [-0.3, -0.25) is 4.79 Å². The second-order valence-electron chi connectivity index (χ2n) is 7.47. The van der Waals surface area contributed by atoms with Crippen molar-refractivity contribution >= 4 is 28.3 Å². The zero-order valence-electron chi connectivity index (χ0n) is 17.9. The predicted octanol–water partition coefficient (Wildman–Crippen LogP) is 5.78. The number of amides is 1. The van der Waals surface area contributed by atoms with Crippen LogP contribution < -0.4 is 10.2 Å². The SMILES string of the molecule is CCN(CC)c1cc2nc(-c3ccc(C)cc3)[nH]c2cc1NC(=O)c1ccc(F)cc1. The van der Waals surface area contributed by atoms with Gasteiger partial charge in [0.2, 0.25) is 0 Å². The van der Waals surface area contributed by atoms with Gasteiger partial charge in [0.25, 0.3) is 5.91 Å². The average molecular weight is 417 g/mol. The molecule has 0 spiro atoms. The molecule has 3 aromatic carbocycles. The zero-order chi connectivity index (χ0) is 22.0. The van der Waals surface area contributed by atoms with Crippen LogP contribution in [0.3, 0.4) is 0 Å². The van der Waals surface area contributed by atoms with Gasteiger partial charge in [0.1, 0.15) is 11.6 Å². The number of carbonyl (C=O) groups is 1. The molecule has 0 saturated heterocycles. The summed E-state index contributed by atoms with van der Waals surface area (Å²) in [5, 5.41) is 2.99. The second-order valence-corrected chi connectivity index (χ2v) is 7.47. The van der Waals surface area contributed by atoms with Crippen LogP contribution in [0.2, 0.25) is 0 Å². The Balaban J connectivity index is 1.76. The van der Waals surface area contributed by atoms with Crippen LogP contribution in [0.25, 0.3) is 22.4 Å². The van der Waals surface area contributed by atoms with E-state index in [1.165, 1.54) is 29.8 Å². The summed E-state index contributed by atoms with van der Waals surface area (Å²) in [5.74, 6) is 0.122. The number of aromatic nitrogens is 2. The highest BCUT2D eigenvalue weighted by Gasteiger charge is 2.16. The lowest BCUT2D eigenvalue weighted by Gasteiger charge is -2.24. The van der Waals surface area contributed by atoms with Crippen LogP contribution >= 0.6 is 0 Å². The van der Waals surface area contributed by atoms with Gasteiger partial charge in [-0.2, -0.15) is 0 Å². The third-order valence-corrected chi connectivity index (χ3v) is 5.38. The highest BCUT2D eigenvalue weighted by molar-refractivity contribution is 6.07. The number of carbonyl (C=O) groups excluding carboxylic acids is 1. The molecule has 0 saturated carbocycles. The third kappa shape index (κ3) is 4.28. The van der Waals surface area contributed by atoms with E-state index in [-0.39, 0.29) is 11.7 Å². The summed E-state index contributed by atoms with van der Waals surface area (Å²) in [6.45, 7) is 7.77. The minimum atomic E-state index is -0.372. The quantitative estimate of drug-likeness (QED) is 0.419. The van der Waals surface area contributed by atoms with Crippen LogP contribution in [-0.2, 0) is 0 Å². The minimum Gasteiger partial charge on any atom is -0.370 e. The number of aromatic amines is 1.